The summed E-state index contributed by atoms with van der Waals surface area (Å²) in [7, 11) is 1.45. The minimum atomic E-state index is -0.107. The van der Waals surface area contributed by atoms with E-state index >= 15 is 0 Å². The van der Waals surface area contributed by atoms with Gasteiger partial charge in [-0.15, -0.1) is 0 Å². The summed E-state index contributed by atoms with van der Waals surface area (Å²) < 4.78 is 10.2. The summed E-state index contributed by atoms with van der Waals surface area (Å²) >= 11 is 0. The number of nitrogens with zero attached hydrogens (tertiary/aromatic N) is 1. The summed E-state index contributed by atoms with van der Waals surface area (Å²) in [6, 6.07) is -0.0355. The average Bonchev–Trinajstić information content (AvgIpc) is 2.50. The number of rotatable bonds is 2. The average molecular weight is 199 g/mol. The molecular weight excluding hydrogens is 182 g/mol. The van der Waals surface area contributed by atoms with E-state index in [-0.39, 0.29) is 17.6 Å². The zero-order chi connectivity index (χ0) is 10.2. The highest BCUT2D eigenvalue weighted by Crippen LogP contribution is 2.34. The van der Waals surface area contributed by atoms with Crippen LogP contribution in [0.25, 0.3) is 0 Å². The van der Waals surface area contributed by atoms with E-state index in [1.54, 1.807) is 0 Å². The lowest BCUT2D eigenvalue weighted by Crippen LogP contribution is -2.63. The van der Waals surface area contributed by atoms with Crippen LogP contribution in [0.3, 0.4) is 0 Å². The van der Waals surface area contributed by atoms with Crippen molar-refractivity contribution in [2.24, 2.45) is 0 Å². The van der Waals surface area contributed by atoms with Gasteiger partial charge in [-0.05, 0) is 19.8 Å². The summed E-state index contributed by atoms with van der Waals surface area (Å²) in [5.41, 5.74) is 0.0527. The van der Waals surface area contributed by atoms with Crippen molar-refractivity contribution in [1.29, 1.82) is 0 Å². The van der Waals surface area contributed by atoms with Crippen molar-refractivity contribution in [3.63, 3.8) is 0 Å². The molecule has 4 nitrogen and oxygen atoms in total. The van der Waals surface area contributed by atoms with Gasteiger partial charge in [-0.2, -0.15) is 0 Å². The van der Waals surface area contributed by atoms with Crippen LogP contribution in [0.2, 0.25) is 0 Å². The summed E-state index contributed by atoms with van der Waals surface area (Å²) in [6.07, 6.45) is 1.93. The predicted molar refractivity (Wildman–Crippen MR) is 51.0 cm³/mol. The summed E-state index contributed by atoms with van der Waals surface area (Å²) in [5, 5.41) is 0. The van der Waals surface area contributed by atoms with Crippen LogP contribution in [-0.2, 0) is 14.3 Å². The van der Waals surface area contributed by atoms with E-state index in [0.29, 0.717) is 0 Å². The Hall–Kier alpha value is -0.610. The third-order valence-electron chi connectivity index (χ3n) is 3.38. The highest BCUT2D eigenvalue weighted by atomic mass is 16.5. The maximum atomic E-state index is 11.4. The van der Waals surface area contributed by atoms with Crippen molar-refractivity contribution >= 4 is 5.97 Å². The van der Waals surface area contributed by atoms with Gasteiger partial charge in [-0.1, -0.05) is 0 Å². The Labute approximate surface area is 84.2 Å². The van der Waals surface area contributed by atoms with Crippen LogP contribution in [0, 0.1) is 0 Å². The van der Waals surface area contributed by atoms with Crippen molar-refractivity contribution in [2.45, 2.75) is 31.3 Å². The molecule has 2 fully saturated rings. The maximum Gasteiger partial charge on any atom is 0.323 e. The molecule has 0 spiro atoms. The van der Waals surface area contributed by atoms with Gasteiger partial charge < -0.3 is 9.47 Å². The summed E-state index contributed by atoms with van der Waals surface area (Å²) in [5.74, 6) is -0.107. The first kappa shape index (κ1) is 9.93. The van der Waals surface area contributed by atoms with Gasteiger partial charge in [0.25, 0.3) is 0 Å². The molecule has 0 amide bonds. The molecule has 14 heavy (non-hydrogen) atoms. The van der Waals surface area contributed by atoms with Gasteiger partial charge in [0.1, 0.15) is 6.04 Å². The number of esters is 1. The molecule has 0 saturated carbocycles. The van der Waals surface area contributed by atoms with E-state index in [4.69, 9.17) is 9.47 Å². The quantitative estimate of drug-likeness (QED) is 0.604. The van der Waals surface area contributed by atoms with E-state index < -0.39 is 0 Å². The molecule has 0 N–H and O–H groups in total. The van der Waals surface area contributed by atoms with Crippen molar-refractivity contribution in [3.8, 4) is 0 Å². The Morgan fingerprint density at radius 2 is 2.43 bits per heavy atom. The molecule has 80 valence electrons. The van der Waals surface area contributed by atoms with Gasteiger partial charge in [-0.3, -0.25) is 9.69 Å². The van der Waals surface area contributed by atoms with Gasteiger partial charge in [0, 0.05) is 18.7 Å². The zero-order valence-electron chi connectivity index (χ0n) is 8.78. The Bertz CT molecular complexity index is 236. The molecule has 0 aromatic heterocycles. The number of hydrogen-bond donors (Lipinski definition) is 0. The van der Waals surface area contributed by atoms with Crippen LogP contribution >= 0.6 is 0 Å². The molecule has 2 heterocycles. The summed E-state index contributed by atoms with van der Waals surface area (Å²) in [4.78, 5) is 13.6. The lowest BCUT2D eigenvalue weighted by molar-refractivity contribution is -0.157. The van der Waals surface area contributed by atoms with E-state index in [2.05, 4.69) is 11.8 Å². The minimum Gasteiger partial charge on any atom is -0.468 e. The van der Waals surface area contributed by atoms with Gasteiger partial charge >= 0.3 is 5.97 Å². The normalized spacial score (nSPS) is 38.0. The molecule has 4 heteroatoms. The molecule has 0 aromatic rings. The monoisotopic (exact) mass is 199 g/mol. The van der Waals surface area contributed by atoms with E-state index in [9.17, 15) is 4.79 Å². The van der Waals surface area contributed by atoms with Crippen LogP contribution in [-0.4, -0.2) is 49.3 Å². The predicted octanol–water partition coefficient (Wildman–Crippen LogP) is 0.413. The minimum absolute atomic E-state index is 0.0355. The van der Waals surface area contributed by atoms with Crippen molar-refractivity contribution < 1.29 is 14.3 Å². The lowest BCUT2D eigenvalue weighted by atomic mass is 9.90. The van der Waals surface area contributed by atoms with Gasteiger partial charge in [0.15, 0.2) is 0 Å². The van der Waals surface area contributed by atoms with Gasteiger partial charge in [0.2, 0.25) is 0 Å². The van der Waals surface area contributed by atoms with Crippen molar-refractivity contribution in [3.05, 3.63) is 0 Å². The third-order valence-corrected chi connectivity index (χ3v) is 3.38. The van der Waals surface area contributed by atoms with E-state index in [0.717, 1.165) is 32.6 Å². The molecule has 2 unspecified atom stereocenters. The Balaban J connectivity index is 2.01. The number of methoxy groups -OCH3 is 1. The smallest absolute Gasteiger partial charge is 0.323 e. The standard InChI is InChI=1S/C10H17NO3/c1-10(4-6-14-7-10)11-5-3-8(11)9(12)13-2/h8H,3-7H2,1-2H3. The molecular formula is C10H17NO3. The molecule has 2 rings (SSSR count). The number of hydrogen-bond acceptors (Lipinski definition) is 4. The molecule has 0 radical (unpaired) electrons. The molecule has 2 aliphatic heterocycles. The van der Waals surface area contributed by atoms with Crippen molar-refractivity contribution in [2.75, 3.05) is 26.9 Å². The van der Waals surface area contributed by atoms with E-state index in [1.807, 2.05) is 0 Å². The lowest BCUT2D eigenvalue weighted by Gasteiger charge is -2.48. The second-order valence-electron chi connectivity index (χ2n) is 4.32. The van der Waals surface area contributed by atoms with Crippen LogP contribution in [0.4, 0.5) is 0 Å². The van der Waals surface area contributed by atoms with Crippen LogP contribution in [0.15, 0.2) is 0 Å². The highest BCUT2D eigenvalue weighted by molar-refractivity contribution is 5.76. The zero-order valence-corrected chi connectivity index (χ0v) is 8.78. The summed E-state index contributed by atoms with van der Waals surface area (Å²) in [6.45, 7) is 4.69. The molecule has 2 saturated heterocycles. The fourth-order valence-corrected chi connectivity index (χ4v) is 2.30. The Kier molecular flexibility index (Phi) is 2.49. The number of carbonyl (C=O) groups excluding carboxylic acids is 1. The second kappa shape index (κ2) is 3.51. The molecule has 2 atom stereocenters. The first-order valence-corrected chi connectivity index (χ1v) is 5.10. The molecule has 0 bridgehead atoms. The SMILES string of the molecule is COC(=O)C1CCN1C1(C)CCOC1. The van der Waals surface area contributed by atoms with Crippen molar-refractivity contribution in [1.82, 2.24) is 4.90 Å². The first-order valence-electron chi connectivity index (χ1n) is 5.10. The molecule has 0 aliphatic carbocycles. The highest BCUT2D eigenvalue weighted by Gasteiger charge is 2.47. The van der Waals surface area contributed by atoms with Crippen LogP contribution < -0.4 is 0 Å². The third kappa shape index (κ3) is 1.42. The van der Waals surface area contributed by atoms with Crippen LogP contribution in [0.1, 0.15) is 19.8 Å². The number of ether oxygens (including phenoxy) is 2. The van der Waals surface area contributed by atoms with Crippen LogP contribution in [0.5, 0.6) is 0 Å². The molecule has 2 aliphatic rings. The number of likely N-dealkylation sites (tertiary alicyclic amines) is 1. The topological polar surface area (TPSA) is 38.8 Å². The van der Waals surface area contributed by atoms with E-state index in [1.165, 1.54) is 7.11 Å². The fourth-order valence-electron chi connectivity index (χ4n) is 2.30. The Morgan fingerprint density at radius 1 is 1.64 bits per heavy atom. The second-order valence-corrected chi connectivity index (χ2v) is 4.32. The number of carbonyl (C=O) groups is 1. The van der Waals surface area contributed by atoms with Gasteiger partial charge in [0.05, 0.1) is 13.7 Å². The van der Waals surface area contributed by atoms with Gasteiger partial charge in [-0.25, -0.2) is 0 Å². The largest absolute Gasteiger partial charge is 0.468 e. The fraction of sp³-hybridized carbons (Fsp3) is 0.900. The first-order chi connectivity index (χ1) is 6.67. The maximum absolute atomic E-state index is 11.4. The molecule has 0 aromatic carbocycles. The Morgan fingerprint density at radius 3 is 2.86 bits per heavy atom.